The van der Waals surface area contributed by atoms with E-state index in [1.807, 2.05) is 42.2 Å². The first kappa shape index (κ1) is 21.0. The van der Waals surface area contributed by atoms with Gasteiger partial charge in [0.1, 0.15) is 0 Å². The molecule has 1 aromatic heterocycles. The lowest BCUT2D eigenvalue weighted by molar-refractivity contribution is 0.477. The number of nitrogens with one attached hydrogen (secondary N) is 1. The van der Waals surface area contributed by atoms with Gasteiger partial charge >= 0.3 is 0 Å². The summed E-state index contributed by atoms with van der Waals surface area (Å²) in [6, 6.07) is 20.6. The van der Waals surface area contributed by atoms with Gasteiger partial charge in [0, 0.05) is 33.4 Å². The Morgan fingerprint density at radius 1 is 1.04 bits per heavy atom. The molecule has 0 atom stereocenters. The molecule has 0 saturated carbocycles. The molecule has 2 aromatic carbocycles. The largest absolute Gasteiger partial charge is 0.356 e. The van der Waals surface area contributed by atoms with Crippen molar-refractivity contribution in [2.24, 2.45) is 4.99 Å². The molecule has 27 heavy (non-hydrogen) atoms. The molecule has 0 amide bonds. The van der Waals surface area contributed by atoms with Crippen molar-refractivity contribution in [1.82, 2.24) is 20.0 Å². The Bertz CT molecular complexity index is 830. The zero-order chi connectivity index (χ0) is 18.2. The highest BCUT2D eigenvalue weighted by molar-refractivity contribution is 14.0. The fourth-order valence-corrected chi connectivity index (χ4v) is 2.85. The van der Waals surface area contributed by atoms with Gasteiger partial charge < -0.3 is 10.2 Å². The number of halogens is 1. The first-order valence-electron chi connectivity index (χ1n) is 8.81. The molecule has 0 saturated heterocycles. The number of aliphatic imine (C=N–C) groups is 1. The second-order valence-electron chi connectivity index (χ2n) is 6.19. The molecular weight excluding hydrogens is 449 g/mol. The first-order chi connectivity index (χ1) is 12.8. The molecule has 1 heterocycles. The van der Waals surface area contributed by atoms with Gasteiger partial charge in [-0.3, -0.25) is 4.99 Å². The number of guanidine groups is 1. The van der Waals surface area contributed by atoms with Crippen LogP contribution in [0.15, 0.2) is 78.0 Å². The molecular formula is C21H26IN5. The Morgan fingerprint density at radius 2 is 1.70 bits per heavy atom. The van der Waals surface area contributed by atoms with E-state index in [0.29, 0.717) is 0 Å². The molecule has 3 rings (SSSR count). The number of aromatic nitrogens is 2. The van der Waals surface area contributed by atoms with Crippen molar-refractivity contribution in [2.45, 2.75) is 13.0 Å². The summed E-state index contributed by atoms with van der Waals surface area (Å²) in [5.74, 6) is 0.893. The summed E-state index contributed by atoms with van der Waals surface area (Å²) in [5, 5.41) is 7.87. The fourth-order valence-electron chi connectivity index (χ4n) is 2.85. The third kappa shape index (κ3) is 6.09. The van der Waals surface area contributed by atoms with Gasteiger partial charge in [-0.1, -0.05) is 48.5 Å². The monoisotopic (exact) mass is 475 g/mol. The molecule has 5 nitrogen and oxygen atoms in total. The third-order valence-electron chi connectivity index (χ3n) is 4.19. The van der Waals surface area contributed by atoms with Crippen LogP contribution in [0, 0.1) is 0 Å². The summed E-state index contributed by atoms with van der Waals surface area (Å²) in [6.07, 6.45) is 4.89. The minimum absolute atomic E-state index is 0. The molecule has 1 N–H and O–H groups in total. The summed E-state index contributed by atoms with van der Waals surface area (Å²) in [7, 11) is 3.87. The van der Waals surface area contributed by atoms with Crippen LogP contribution in [0.2, 0.25) is 0 Å². The summed E-state index contributed by atoms with van der Waals surface area (Å²) in [4.78, 5) is 6.51. The third-order valence-corrected chi connectivity index (χ3v) is 4.19. The second kappa shape index (κ2) is 10.7. The molecule has 6 heteroatoms. The van der Waals surface area contributed by atoms with Crippen molar-refractivity contribution in [1.29, 1.82) is 0 Å². The van der Waals surface area contributed by atoms with Crippen LogP contribution < -0.4 is 5.32 Å². The van der Waals surface area contributed by atoms with E-state index in [2.05, 4.69) is 70.0 Å². The van der Waals surface area contributed by atoms with Crippen LogP contribution in [0.1, 0.15) is 11.1 Å². The fraction of sp³-hybridized carbons (Fsp3) is 0.238. The van der Waals surface area contributed by atoms with Gasteiger partial charge in [0.15, 0.2) is 5.96 Å². The van der Waals surface area contributed by atoms with Gasteiger partial charge in [0.2, 0.25) is 0 Å². The maximum Gasteiger partial charge on any atom is 0.193 e. The molecule has 142 valence electrons. The maximum atomic E-state index is 4.44. The maximum absolute atomic E-state index is 4.44. The van der Waals surface area contributed by atoms with E-state index < -0.39 is 0 Å². The van der Waals surface area contributed by atoms with E-state index in [9.17, 15) is 0 Å². The van der Waals surface area contributed by atoms with Crippen molar-refractivity contribution >= 4 is 29.9 Å². The van der Waals surface area contributed by atoms with Gasteiger partial charge in [-0.05, 0) is 29.7 Å². The van der Waals surface area contributed by atoms with E-state index in [1.165, 1.54) is 11.1 Å². The number of para-hydroxylation sites is 1. The Kier molecular flexibility index (Phi) is 8.32. The lowest BCUT2D eigenvalue weighted by Crippen LogP contribution is -2.39. The highest BCUT2D eigenvalue weighted by Crippen LogP contribution is 2.08. The van der Waals surface area contributed by atoms with Gasteiger partial charge in [-0.15, -0.1) is 24.0 Å². The molecule has 0 bridgehead atoms. The van der Waals surface area contributed by atoms with Crippen molar-refractivity contribution in [3.8, 4) is 5.69 Å². The lowest BCUT2D eigenvalue weighted by atomic mass is 10.2. The Balaban J connectivity index is 0.00000261. The van der Waals surface area contributed by atoms with Gasteiger partial charge in [0.05, 0.1) is 11.9 Å². The number of hydrogen-bond acceptors (Lipinski definition) is 2. The van der Waals surface area contributed by atoms with Crippen LogP contribution in [0.4, 0.5) is 0 Å². The van der Waals surface area contributed by atoms with E-state index in [-0.39, 0.29) is 24.0 Å². The quantitative estimate of drug-likeness (QED) is 0.336. The highest BCUT2D eigenvalue weighted by atomic mass is 127. The van der Waals surface area contributed by atoms with Gasteiger partial charge in [-0.25, -0.2) is 4.68 Å². The zero-order valence-electron chi connectivity index (χ0n) is 15.7. The SMILES string of the molecule is CN=C(NCCc1cnn(-c2ccccc2)c1)N(C)Cc1ccccc1.I. The molecule has 3 aromatic rings. The summed E-state index contributed by atoms with van der Waals surface area (Å²) in [5.41, 5.74) is 3.54. The topological polar surface area (TPSA) is 45.5 Å². The minimum atomic E-state index is 0. The van der Waals surface area contributed by atoms with Gasteiger partial charge in [-0.2, -0.15) is 5.10 Å². The first-order valence-corrected chi connectivity index (χ1v) is 8.81. The minimum Gasteiger partial charge on any atom is -0.356 e. The summed E-state index contributed by atoms with van der Waals surface area (Å²) in [6.45, 7) is 1.64. The van der Waals surface area contributed by atoms with E-state index in [4.69, 9.17) is 0 Å². The van der Waals surface area contributed by atoms with Gasteiger partial charge in [0.25, 0.3) is 0 Å². The number of nitrogens with zero attached hydrogens (tertiary/aromatic N) is 4. The Labute approximate surface area is 178 Å². The molecule has 0 fully saturated rings. The zero-order valence-corrected chi connectivity index (χ0v) is 18.1. The van der Waals surface area contributed by atoms with E-state index in [1.54, 1.807) is 0 Å². The molecule has 0 aliphatic heterocycles. The Morgan fingerprint density at radius 3 is 2.37 bits per heavy atom. The predicted molar refractivity (Wildman–Crippen MR) is 122 cm³/mol. The number of benzene rings is 2. The van der Waals surface area contributed by atoms with E-state index in [0.717, 1.165) is 31.2 Å². The van der Waals surface area contributed by atoms with Crippen LogP contribution in [-0.2, 0) is 13.0 Å². The highest BCUT2D eigenvalue weighted by Gasteiger charge is 2.07. The van der Waals surface area contributed by atoms with Crippen molar-refractivity contribution in [3.05, 3.63) is 84.2 Å². The van der Waals surface area contributed by atoms with E-state index >= 15 is 0 Å². The predicted octanol–water partition coefficient (Wildman–Crippen LogP) is 3.74. The van der Waals surface area contributed by atoms with Crippen molar-refractivity contribution < 1.29 is 0 Å². The van der Waals surface area contributed by atoms with Crippen LogP contribution in [0.5, 0.6) is 0 Å². The molecule has 0 unspecified atom stereocenters. The summed E-state index contributed by atoms with van der Waals surface area (Å²) < 4.78 is 1.91. The molecule has 0 aliphatic carbocycles. The van der Waals surface area contributed by atoms with Crippen LogP contribution in [-0.4, -0.2) is 41.3 Å². The smallest absolute Gasteiger partial charge is 0.193 e. The summed E-state index contributed by atoms with van der Waals surface area (Å²) >= 11 is 0. The normalized spacial score (nSPS) is 11.0. The second-order valence-corrected chi connectivity index (χ2v) is 6.19. The van der Waals surface area contributed by atoms with Crippen LogP contribution in [0.25, 0.3) is 5.69 Å². The van der Waals surface area contributed by atoms with Crippen LogP contribution >= 0.6 is 24.0 Å². The number of rotatable bonds is 6. The number of hydrogen-bond donors (Lipinski definition) is 1. The average molecular weight is 475 g/mol. The lowest BCUT2D eigenvalue weighted by Gasteiger charge is -2.22. The van der Waals surface area contributed by atoms with Crippen LogP contribution in [0.3, 0.4) is 0 Å². The molecule has 0 spiro atoms. The molecule has 0 radical (unpaired) electrons. The molecule has 0 aliphatic rings. The average Bonchev–Trinajstić information content (AvgIpc) is 3.15. The van der Waals surface area contributed by atoms with Crippen molar-refractivity contribution in [3.63, 3.8) is 0 Å². The van der Waals surface area contributed by atoms with Crippen molar-refractivity contribution in [2.75, 3.05) is 20.6 Å². The Hall–Kier alpha value is -2.35. The standard InChI is InChI=1S/C21H25N5.HI/c1-22-21(25(2)16-18-9-5-3-6-10-18)23-14-13-19-15-24-26(17-19)20-11-7-4-8-12-20;/h3-12,15,17H,13-14,16H2,1-2H3,(H,22,23);1H.